The summed E-state index contributed by atoms with van der Waals surface area (Å²) in [6.45, 7) is 0. The lowest BCUT2D eigenvalue weighted by atomic mass is 10.2. The van der Waals surface area contributed by atoms with Crippen LogP contribution in [0.25, 0.3) is 0 Å². The van der Waals surface area contributed by atoms with Gasteiger partial charge in [-0.2, -0.15) is 4.98 Å². The van der Waals surface area contributed by atoms with Gasteiger partial charge in [-0.15, -0.1) is 0 Å². The zero-order valence-corrected chi connectivity index (χ0v) is 13.2. The van der Waals surface area contributed by atoms with E-state index in [1.165, 1.54) is 0 Å². The molecule has 1 aromatic carbocycles. The first-order chi connectivity index (χ1) is 12.0. The van der Waals surface area contributed by atoms with Gasteiger partial charge in [-0.05, 0) is 25.0 Å². The van der Waals surface area contributed by atoms with Crippen molar-refractivity contribution in [2.24, 2.45) is 0 Å². The van der Waals surface area contributed by atoms with Gasteiger partial charge in [-0.1, -0.05) is 18.0 Å². The first-order valence-electron chi connectivity index (χ1n) is 7.89. The largest absolute Gasteiger partial charge is 0.345 e. The summed E-state index contributed by atoms with van der Waals surface area (Å²) in [4.78, 5) is 27.7. The number of aromatic nitrogens is 2. The quantitative estimate of drug-likeness (QED) is 0.862. The highest BCUT2D eigenvalue weighted by molar-refractivity contribution is 5.92. The molecule has 1 heterocycles. The molecule has 0 aliphatic heterocycles. The number of nitrogens with one attached hydrogen (secondary N) is 2. The average molecular weight is 350 g/mol. The minimum atomic E-state index is -0.891. The second-order valence-corrected chi connectivity index (χ2v) is 5.82. The van der Waals surface area contributed by atoms with E-state index in [-0.39, 0.29) is 29.9 Å². The van der Waals surface area contributed by atoms with Crippen molar-refractivity contribution in [3.05, 3.63) is 41.5 Å². The van der Waals surface area contributed by atoms with Crippen LogP contribution in [0.3, 0.4) is 0 Å². The SMILES string of the molecule is O=C(Cc1noc(C(=O)NC2CCCC2)n1)Nc1ccc(F)cc1F. The molecule has 0 bridgehead atoms. The molecule has 0 saturated heterocycles. The number of rotatable bonds is 5. The number of benzene rings is 1. The molecule has 7 nitrogen and oxygen atoms in total. The molecule has 25 heavy (non-hydrogen) atoms. The van der Waals surface area contributed by atoms with Gasteiger partial charge in [0.1, 0.15) is 11.6 Å². The van der Waals surface area contributed by atoms with E-state index in [2.05, 4.69) is 20.8 Å². The molecular formula is C16H16F2N4O3. The van der Waals surface area contributed by atoms with Crippen molar-refractivity contribution >= 4 is 17.5 Å². The molecule has 2 N–H and O–H groups in total. The first kappa shape index (κ1) is 17.0. The fourth-order valence-electron chi connectivity index (χ4n) is 2.66. The Balaban J connectivity index is 1.56. The normalized spacial score (nSPS) is 14.5. The van der Waals surface area contributed by atoms with E-state index >= 15 is 0 Å². The van der Waals surface area contributed by atoms with Gasteiger partial charge in [0.2, 0.25) is 5.91 Å². The summed E-state index contributed by atoms with van der Waals surface area (Å²) in [6.07, 6.45) is 3.66. The molecule has 1 aromatic heterocycles. The van der Waals surface area contributed by atoms with Crippen LogP contribution in [0.15, 0.2) is 22.7 Å². The summed E-state index contributed by atoms with van der Waals surface area (Å²) in [5, 5.41) is 8.64. The minimum Gasteiger partial charge on any atom is -0.345 e. The van der Waals surface area contributed by atoms with Crippen LogP contribution in [0, 0.1) is 11.6 Å². The maximum Gasteiger partial charge on any atom is 0.315 e. The zero-order chi connectivity index (χ0) is 17.8. The number of anilines is 1. The Morgan fingerprint density at radius 1 is 1.24 bits per heavy atom. The van der Waals surface area contributed by atoms with Crippen LogP contribution >= 0.6 is 0 Å². The van der Waals surface area contributed by atoms with Crippen LogP contribution < -0.4 is 10.6 Å². The van der Waals surface area contributed by atoms with E-state index in [1.807, 2.05) is 0 Å². The van der Waals surface area contributed by atoms with E-state index in [9.17, 15) is 18.4 Å². The van der Waals surface area contributed by atoms with Crippen molar-refractivity contribution in [1.29, 1.82) is 0 Å². The maximum atomic E-state index is 13.5. The van der Waals surface area contributed by atoms with Crippen molar-refractivity contribution in [2.45, 2.75) is 38.1 Å². The van der Waals surface area contributed by atoms with Crippen molar-refractivity contribution < 1.29 is 22.9 Å². The predicted molar refractivity (Wildman–Crippen MR) is 82.7 cm³/mol. The summed E-state index contributed by atoms with van der Waals surface area (Å²) < 4.78 is 31.2. The second-order valence-electron chi connectivity index (χ2n) is 5.82. The number of carbonyl (C=O) groups excluding carboxylic acids is 2. The van der Waals surface area contributed by atoms with Crippen LogP contribution in [0.1, 0.15) is 42.2 Å². The van der Waals surface area contributed by atoms with E-state index < -0.39 is 23.4 Å². The molecule has 0 radical (unpaired) electrons. The Labute approximate surface area is 141 Å². The monoisotopic (exact) mass is 350 g/mol. The Morgan fingerprint density at radius 3 is 2.72 bits per heavy atom. The molecule has 3 rings (SSSR count). The highest BCUT2D eigenvalue weighted by Crippen LogP contribution is 2.18. The zero-order valence-electron chi connectivity index (χ0n) is 13.2. The van der Waals surface area contributed by atoms with Gasteiger partial charge >= 0.3 is 11.8 Å². The number of hydrogen-bond donors (Lipinski definition) is 2. The van der Waals surface area contributed by atoms with Gasteiger partial charge in [0.05, 0.1) is 12.1 Å². The van der Waals surface area contributed by atoms with Crippen molar-refractivity contribution in [3.8, 4) is 0 Å². The number of halogens is 2. The molecule has 1 aliphatic rings. The Bertz CT molecular complexity index is 787. The minimum absolute atomic E-state index is 0.00316. The molecule has 1 saturated carbocycles. The molecule has 0 spiro atoms. The molecule has 132 valence electrons. The molecule has 0 unspecified atom stereocenters. The number of amides is 2. The lowest BCUT2D eigenvalue weighted by Crippen LogP contribution is -2.32. The number of hydrogen-bond acceptors (Lipinski definition) is 5. The van der Waals surface area contributed by atoms with Gasteiger partial charge in [-0.3, -0.25) is 9.59 Å². The highest BCUT2D eigenvalue weighted by Gasteiger charge is 2.22. The third kappa shape index (κ3) is 4.37. The lowest BCUT2D eigenvalue weighted by Gasteiger charge is -2.08. The maximum absolute atomic E-state index is 13.5. The Hall–Kier alpha value is -2.84. The molecular weight excluding hydrogens is 334 g/mol. The van der Waals surface area contributed by atoms with Gasteiger partial charge in [-0.25, -0.2) is 8.78 Å². The molecule has 1 fully saturated rings. The summed E-state index contributed by atoms with van der Waals surface area (Å²) in [5.74, 6) is -2.95. The summed E-state index contributed by atoms with van der Waals surface area (Å²) in [5.41, 5.74) is -0.158. The average Bonchev–Trinajstić information content (AvgIpc) is 3.22. The molecule has 0 atom stereocenters. The fourth-order valence-corrected chi connectivity index (χ4v) is 2.66. The third-order valence-corrected chi connectivity index (χ3v) is 3.88. The fraction of sp³-hybridized carbons (Fsp3) is 0.375. The van der Waals surface area contributed by atoms with Crippen LogP contribution in [0.2, 0.25) is 0 Å². The molecule has 2 aromatic rings. The summed E-state index contributed by atoms with van der Waals surface area (Å²) in [7, 11) is 0. The van der Waals surface area contributed by atoms with Crippen molar-refractivity contribution in [1.82, 2.24) is 15.5 Å². The second kappa shape index (κ2) is 7.37. The van der Waals surface area contributed by atoms with E-state index in [0.717, 1.165) is 37.8 Å². The smallest absolute Gasteiger partial charge is 0.315 e. The highest BCUT2D eigenvalue weighted by atomic mass is 19.1. The predicted octanol–water partition coefficient (Wildman–Crippen LogP) is 2.20. The summed E-state index contributed by atoms with van der Waals surface area (Å²) in [6, 6.07) is 2.90. The van der Waals surface area contributed by atoms with Crippen molar-refractivity contribution in [3.63, 3.8) is 0 Å². The summed E-state index contributed by atoms with van der Waals surface area (Å²) >= 11 is 0. The number of nitrogens with zero attached hydrogens (tertiary/aromatic N) is 2. The Morgan fingerprint density at radius 2 is 2.00 bits per heavy atom. The van der Waals surface area contributed by atoms with E-state index in [0.29, 0.717) is 6.07 Å². The standard InChI is InChI=1S/C16H16F2N4O3/c17-9-5-6-12(11(18)7-9)20-14(23)8-13-21-16(25-22-13)15(24)19-10-3-1-2-4-10/h5-7,10H,1-4,8H2,(H,19,24)(H,20,23). The van der Waals surface area contributed by atoms with Gasteiger partial charge in [0.15, 0.2) is 5.82 Å². The first-order valence-corrected chi connectivity index (χ1v) is 7.89. The van der Waals surface area contributed by atoms with Gasteiger partial charge in [0.25, 0.3) is 0 Å². The van der Waals surface area contributed by atoms with E-state index in [1.54, 1.807) is 0 Å². The van der Waals surface area contributed by atoms with Crippen molar-refractivity contribution in [2.75, 3.05) is 5.32 Å². The van der Waals surface area contributed by atoms with Crippen LogP contribution in [0.4, 0.5) is 14.5 Å². The molecule has 2 amide bonds. The molecule has 9 heteroatoms. The van der Waals surface area contributed by atoms with Crippen LogP contribution in [-0.2, 0) is 11.2 Å². The molecule has 1 aliphatic carbocycles. The van der Waals surface area contributed by atoms with Gasteiger partial charge < -0.3 is 15.2 Å². The van der Waals surface area contributed by atoms with Gasteiger partial charge in [0, 0.05) is 12.1 Å². The van der Waals surface area contributed by atoms with E-state index in [4.69, 9.17) is 4.52 Å². The topological polar surface area (TPSA) is 97.1 Å². The van der Waals surface area contributed by atoms with Crippen LogP contribution in [-0.4, -0.2) is 28.0 Å². The lowest BCUT2D eigenvalue weighted by molar-refractivity contribution is -0.115. The van der Waals surface area contributed by atoms with Crippen LogP contribution in [0.5, 0.6) is 0 Å². The third-order valence-electron chi connectivity index (χ3n) is 3.88. The Kier molecular flexibility index (Phi) is 5.01. The number of carbonyl (C=O) groups is 2.